The number of carbonyl (C=O) groups excluding carboxylic acids is 1. The average molecular weight is 325 g/mol. The van der Waals surface area contributed by atoms with Gasteiger partial charge in [0.05, 0.1) is 30.9 Å². The zero-order chi connectivity index (χ0) is 17.3. The number of amides is 1. The number of fused-ring (bicyclic) bond motifs is 1. The van der Waals surface area contributed by atoms with Crippen molar-refractivity contribution in [3.63, 3.8) is 0 Å². The predicted octanol–water partition coefficient (Wildman–Crippen LogP) is 3.15. The van der Waals surface area contributed by atoms with Crippen molar-refractivity contribution < 1.29 is 14.3 Å². The molecular weight excluding hydrogens is 306 g/mol. The van der Waals surface area contributed by atoms with Gasteiger partial charge in [0.15, 0.2) is 0 Å². The molecule has 0 saturated carbocycles. The average Bonchev–Trinajstić information content (AvgIpc) is 2.88. The van der Waals surface area contributed by atoms with Gasteiger partial charge in [-0.1, -0.05) is 0 Å². The molecule has 0 spiro atoms. The van der Waals surface area contributed by atoms with Crippen LogP contribution in [0.25, 0.3) is 11.0 Å². The molecule has 0 saturated heterocycles. The molecular formula is C18H19N3O3. The molecule has 6 nitrogen and oxygen atoms in total. The monoisotopic (exact) mass is 325 g/mol. The van der Waals surface area contributed by atoms with Crippen molar-refractivity contribution in [3.8, 4) is 11.5 Å². The lowest BCUT2D eigenvalue weighted by Crippen LogP contribution is -2.12. The van der Waals surface area contributed by atoms with E-state index in [1.54, 1.807) is 44.6 Å². The molecule has 1 heterocycles. The van der Waals surface area contributed by atoms with Crippen LogP contribution in [0.4, 0.5) is 5.69 Å². The molecule has 24 heavy (non-hydrogen) atoms. The second-order valence-electron chi connectivity index (χ2n) is 5.44. The van der Waals surface area contributed by atoms with E-state index in [0.717, 1.165) is 16.9 Å². The maximum atomic E-state index is 12.6. The van der Waals surface area contributed by atoms with E-state index in [9.17, 15) is 4.79 Å². The first-order chi connectivity index (χ1) is 11.5. The molecule has 6 heteroatoms. The fourth-order valence-corrected chi connectivity index (χ4v) is 2.57. The van der Waals surface area contributed by atoms with Gasteiger partial charge in [-0.25, -0.2) is 4.98 Å². The van der Waals surface area contributed by atoms with Gasteiger partial charge in [0, 0.05) is 18.7 Å². The molecule has 1 amide bonds. The number of hydrogen-bond donors (Lipinski definition) is 1. The van der Waals surface area contributed by atoms with Crippen molar-refractivity contribution in [3.05, 3.63) is 47.8 Å². The summed E-state index contributed by atoms with van der Waals surface area (Å²) in [5.74, 6) is 1.88. The number of imidazole rings is 1. The van der Waals surface area contributed by atoms with Gasteiger partial charge >= 0.3 is 0 Å². The first kappa shape index (κ1) is 15.9. The SMILES string of the molecule is COc1ccc(OC)c(NC(=O)c2ccc3c(c2)nc(C)n3C)c1. The lowest BCUT2D eigenvalue weighted by atomic mass is 10.1. The number of benzene rings is 2. The van der Waals surface area contributed by atoms with E-state index < -0.39 is 0 Å². The second-order valence-corrected chi connectivity index (χ2v) is 5.44. The Kier molecular flexibility index (Phi) is 4.12. The van der Waals surface area contributed by atoms with Crippen molar-refractivity contribution in [2.24, 2.45) is 7.05 Å². The minimum Gasteiger partial charge on any atom is -0.497 e. The second kappa shape index (κ2) is 6.23. The number of rotatable bonds is 4. The smallest absolute Gasteiger partial charge is 0.255 e. The summed E-state index contributed by atoms with van der Waals surface area (Å²) in [5, 5.41) is 2.86. The third-order valence-electron chi connectivity index (χ3n) is 4.02. The van der Waals surface area contributed by atoms with Crippen molar-refractivity contribution in [2.75, 3.05) is 19.5 Å². The molecule has 0 radical (unpaired) electrons. The maximum Gasteiger partial charge on any atom is 0.255 e. The Morgan fingerprint density at radius 1 is 1.12 bits per heavy atom. The number of nitrogens with one attached hydrogen (secondary N) is 1. The van der Waals surface area contributed by atoms with Gasteiger partial charge in [0.25, 0.3) is 5.91 Å². The van der Waals surface area contributed by atoms with Crippen LogP contribution in [0, 0.1) is 6.92 Å². The lowest BCUT2D eigenvalue weighted by Gasteiger charge is -2.11. The molecule has 3 aromatic rings. The van der Waals surface area contributed by atoms with Crippen LogP contribution in [0.3, 0.4) is 0 Å². The normalized spacial score (nSPS) is 10.7. The fraction of sp³-hybridized carbons (Fsp3) is 0.222. The molecule has 3 rings (SSSR count). The Hall–Kier alpha value is -3.02. The molecule has 0 aliphatic carbocycles. The van der Waals surface area contributed by atoms with Crippen LogP contribution in [0.5, 0.6) is 11.5 Å². The van der Waals surface area contributed by atoms with E-state index in [2.05, 4.69) is 10.3 Å². The zero-order valence-corrected chi connectivity index (χ0v) is 14.1. The Labute approximate surface area is 140 Å². The topological polar surface area (TPSA) is 65.4 Å². The van der Waals surface area contributed by atoms with Crippen LogP contribution >= 0.6 is 0 Å². The summed E-state index contributed by atoms with van der Waals surface area (Å²) in [7, 11) is 5.08. The van der Waals surface area contributed by atoms with Gasteiger partial charge in [-0.05, 0) is 37.3 Å². The molecule has 0 atom stereocenters. The van der Waals surface area contributed by atoms with Crippen LogP contribution in [0.1, 0.15) is 16.2 Å². The minimum atomic E-state index is -0.230. The summed E-state index contributed by atoms with van der Waals surface area (Å²) in [4.78, 5) is 17.0. The maximum absolute atomic E-state index is 12.6. The van der Waals surface area contributed by atoms with Crippen LogP contribution in [-0.4, -0.2) is 29.7 Å². The van der Waals surface area contributed by atoms with Gasteiger partial charge in [-0.15, -0.1) is 0 Å². The summed E-state index contributed by atoms with van der Waals surface area (Å²) in [6.45, 7) is 1.93. The minimum absolute atomic E-state index is 0.230. The number of hydrogen-bond acceptors (Lipinski definition) is 4. The molecule has 0 unspecified atom stereocenters. The van der Waals surface area contributed by atoms with Crippen molar-refractivity contribution >= 4 is 22.6 Å². The van der Waals surface area contributed by atoms with E-state index in [-0.39, 0.29) is 5.91 Å². The number of nitrogens with zero attached hydrogens (tertiary/aromatic N) is 2. The molecule has 0 fully saturated rings. The van der Waals surface area contributed by atoms with E-state index in [1.807, 2.05) is 24.6 Å². The summed E-state index contributed by atoms with van der Waals surface area (Å²) in [6, 6.07) is 10.7. The van der Waals surface area contributed by atoms with Crippen LogP contribution in [0.15, 0.2) is 36.4 Å². The van der Waals surface area contributed by atoms with E-state index in [4.69, 9.17) is 9.47 Å². The van der Waals surface area contributed by atoms with Crippen molar-refractivity contribution in [2.45, 2.75) is 6.92 Å². The fourth-order valence-electron chi connectivity index (χ4n) is 2.57. The zero-order valence-electron chi connectivity index (χ0n) is 14.1. The summed E-state index contributed by atoms with van der Waals surface area (Å²) in [6.07, 6.45) is 0. The Balaban J connectivity index is 1.92. The largest absolute Gasteiger partial charge is 0.497 e. The molecule has 0 aliphatic heterocycles. The van der Waals surface area contributed by atoms with Crippen molar-refractivity contribution in [1.29, 1.82) is 0 Å². The highest BCUT2D eigenvalue weighted by molar-refractivity contribution is 6.06. The van der Waals surface area contributed by atoms with Gasteiger partial charge in [0.2, 0.25) is 0 Å². The van der Waals surface area contributed by atoms with Gasteiger partial charge in [-0.2, -0.15) is 0 Å². The molecule has 2 aromatic carbocycles. The standard InChI is InChI=1S/C18H19N3O3/c1-11-19-14-9-12(5-7-16(14)21(11)2)18(22)20-15-10-13(23-3)6-8-17(15)24-4/h5-10H,1-4H3,(H,20,22). The molecule has 0 bridgehead atoms. The van der Waals surface area contributed by atoms with Crippen LogP contribution < -0.4 is 14.8 Å². The lowest BCUT2D eigenvalue weighted by molar-refractivity contribution is 0.102. The van der Waals surface area contributed by atoms with Gasteiger partial charge in [-0.3, -0.25) is 4.79 Å². The van der Waals surface area contributed by atoms with E-state index in [0.29, 0.717) is 22.7 Å². The highest BCUT2D eigenvalue weighted by Crippen LogP contribution is 2.29. The third-order valence-corrected chi connectivity index (χ3v) is 4.02. The molecule has 1 aromatic heterocycles. The Bertz CT molecular complexity index is 915. The van der Waals surface area contributed by atoms with Crippen LogP contribution in [-0.2, 0) is 7.05 Å². The Morgan fingerprint density at radius 2 is 1.92 bits per heavy atom. The number of anilines is 1. The van der Waals surface area contributed by atoms with E-state index in [1.165, 1.54) is 0 Å². The van der Waals surface area contributed by atoms with Gasteiger partial charge < -0.3 is 19.4 Å². The van der Waals surface area contributed by atoms with E-state index >= 15 is 0 Å². The first-order valence-electron chi connectivity index (χ1n) is 7.50. The quantitative estimate of drug-likeness (QED) is 0.800. The molecule has 124 valence electrons. The van der Waals surface area contributed by atoms with Crippen molar-refractivity contribution in [1.82, 2.24) is 9.55 Å². The number of carbonyl (C=O) groups is 1. The summed E-state index contributed by atoms with van der Waals surface area (Å²) >= 11 is 0. The number of ether oxygens (including phenoxy) is 2. The van der Waals surface area contributed by atoms with Crippen LogP contribution in [0.2, 0.25) is 0 Å². The van der Waals surface area contributed by atoms with Gasteiger partial charge in [0.1, 0.15) is 17.3 Å². The first-order valence-corrected chi connectivity index (χ1v) is 7.50. The molecule has 0 aliphatic rings. The third kappa shape index (κ3) is 2.78. The summed E-state index contributed by atoms with van der Waals surface area (Å²) < 4.78 is 12.5. The Morgan fingerprint density at radius 3 is 2.62 bits per heavy atom. The molecule has 1 N–H and O–H groups in total. The number of aromatic nitrogens is 2. The number of methoxy groups -OCH3 is 2. The highest BCUT2D eigenvalue weighted by atomic mass is 16.5. The number of aryl methyl sites for hydroxylation is 2. The highest BCUT2D eigenvalue weighted by Gasteiger charge is 2.13. The predicted molar refractivity (Wildman–Crippen MR) is 93.0 cm³/mol. The summed E-state index contributed by atoms with van der Waals surface area (Å²) in [5.41, 5.74) is 2.87.